The molecular formula is C11H15N5O3. The molecule has 19 heavy (non-hydrogen) atoms. The lowest BCUT2D eigenvalue weighted by molar-refractivity contribution is -0.0556. The zero-order valence-electron chi connectivity index (χ0n) is 10.4. The molecule has 0 amide bonds. The molecule has 0 aromatic carbocycles. The van der Waals surface area contributed by atoms with Crippen molar-refractivity contribution in [2.45, 2.75) is 25.5 Å². The van der Waals surface area contributed by atoms with Gasteiger partial charge in [-0.3, -0.25) is 9.78 Å². The van der Waals surface area contributed by atoms with Crippen LogP contribution in [0.25, 0.3) is 11.2 Å². The van der Waals surface area contributed by atoms with Gasteiger partial charge >= 0.3 is 0 Å². The minimum Gasteiger partial charge on any atom is -0.396 e. The van der Waals surface area contributed by atoms with E-state index in [0.29, 0.717) is 17.9 Å². The Balaban J connectivity index is 2.14. The van der Waals surface area contributed by atoms with Crippen LogP contribution >= 0.6 is 0 Å². The highest BCUT2D eigenvalue weighted by Gasteiger charge is 2.42. The van der Waals surface area contributed by atoms with E-state index < -0.39 is 11.7 Å². The molecule has 3 rings (SSSR count). The van der Waals surface area contributed by atoms with Crippen LogP contribution in [-0.2, 0) is 0 Å². The monoisotopic (exact) mass is 265 g/mol. The molecule has 2 heterocycles. The molecule has 1 fully saturated rings. The van der Waals surface area contributed by atoms with Gasteiger partial charge in [-0.1, -0.05) is 0 Å². The number of hydrogen-bond donors (Lipinski definition) is 4. The van der Waals surface area contributed by atoms with Crippen LogP contribution in [0.3, 0.4) is 0 Å². The highest BCUT2D eigenvalue weighted by atomic mass is 16.3. The number of rotatable bonds is 2. The number of aryl methyl sites for hydroxylation is 1. The molecule has 2 aromatic rings. The van der Waals surface area contributed by atoms with Crippen molar-refractivity contribution in [1.82, 2.24) is 19.5 Å². The molecule has 0 spiro atoms. The number of H-pyrrole nitrogens is 1. The first-order valence-electron chi connectivity index (χ1n) is 6.06. The van der Waals surface area contributed by atoms with Crippen molar-refractivity contribution in [3.05, 3.63) is 16.2 Å². The summed E-state index contributed by atoms with van der Waals surface area (Å²) in [6.07, 6.45) is -0.0401. The number of fused-ring (bicyclic) bond motifs is 1. The molecule has 0 saturated heterocycles. The summed E-state index contributed by atoms with van der Waals surface area (Å²) in [6.45, 7) is 1.69. The minimum atomic E-state index is -0.664. The summed E-state index contributed by atoms with van der Waals surface area (Å²) in [5, 5.41) is 19.1. The number of anilines is 1. The molecule has 8 nitrogen and oxygen atoms in total. The van der Waals surface area contributed by atoms with Crippen molar-refractivity contribution in [1.29, 1.82) is 0 Å². The van der Waals surface area contributed by atoms with Crippen LogP contribution in [0.4, 0.5) is 5.95 Å². The lowest BCUT2D eigenvalue weighted by Crippen LogP contribution is -2.45. The van der Waals surface area contributed by atoms with Crippen LogP contribution in [0, 0.1) is 12.8 Å². The molecule has 8 heteroatoms. The second kappa shape index (κ2) is 4.04. The molecule has 2 aromatic heterocycles. The Morgan fingerprint density at radius 1 is 1.53 bits per heavy atom. The summed E-state index contributed by atoms with van der Waals surface area (Å²) in [5.41, 5.74) is 5.74. The summed E-state index contributed by atoms with van der Waals surface area (Å²) < 4.78 is 1.72. The summed E-state index contributed by atoms with van der Waals surface area (Å²) in [7, 11) is 0. The van der Waals surface area contributed by atoms with Crippen LogP contribution in [0.15, 0.2) is 4.79 Å². The van der Waals surface area contributed by atoms with Gasteiger partial charge in [0.1, 0.15) is 5.82 Å². The Hall–Kier alpha value is -1.93. The number of nitrogen functional groups attached to an aromatic ring is 1. The molecule has 5 N–H and O–H groups in total. The second-order valence-electron chi connectivity index (χ2n) is 4.89. The molecule has 3 unspecified atom stereocenters. The van der Waals surface area contributed by atoms with Crippen LogP contribution < -0.4 is 11.3 Å². The summed E-state index contributed by atoms with van der Waals surface area (Å²) in [6, 6.07) is -0.226. The van der Waals surface area contributed by atoms with E-state index in [-0.39, 0.29) is 30.0 Å². The fraction of sp³-hybridized carbons (Fsp3) is 0.545. The lowest BCUT2D eigenvalue weighted by atomic mass is 9.77. The van der Waals surface area contributed by atoms with Crippen molar-refractivity contribution in [2.75, 3.05) is 12.3 Å². The SMILES string of the molecule is Cc1nc2c(=O)[nH]c(N)nc2n1C1CC(CO)C1O. The molecule has 0 bridgehead atoms. The molecule has 1 saturated carbocycles. The number of nitrogens with two attached hydrogens (primary N) is 1. The van der Waals surface area contributed by atoms with E-state index >= 15 is 0 Å². The number of imidazole rings is 1. The largest absolute Gasteiger partial charge is 0.396 e. The molecule has 0 aliphatic heterocycles. The van der Waals surface area contributed by atoms with Crippen molar-refractivity contribution < 1.29 is 10.2 Å². The van der Waals surface area contributed by atoms with Gasteiger partial charge in [-0.2, -0.15) is 4.98 Å². The Kier molecular flexibility index (Phi) is 2.58. The van der Waals surface area contributed by atoms with Gasteiger partial charge in [0.2, 0.25) is 5.95 Å². The van der Waals surface area contributed by atoms with Gasteiger partial charge in [0.25, 0.3) is 5.56 Å². The molecule has 0 radical (unpaired) electrons. The van der Waals surface area contributed by atoms with Gasteiger partial charge in [-0.15, -0.1) is 0 Å². The van der Waals surface area contributed by atoms with Crippen molar-refractivity contribution in [2.24, 2.45) is 5.92 Å². The highest BCUT2D eigenvalue weighted by Crippen LogP contribution is 2.39. The third-order valence-corrected chi connectivity index (χ3v) is 3.73. The number of aromatic nitrogens is 4. The normalized spacial score (nSPS) is 26.6. The number of aliphatic hydroxyl groups is 2. The topological polar surface area (TPSA) is 130 Å². The van der Waals surface area contributed by atoms with Gasteiger partial charge in [0, 0.05) is 12.5 Å². The van der Waals surface area contributed by atoms with Gasteiger partial charge < -0.3 is 20.5 Å². The second-order valence-corrected chi connectivity index (χ2v) is 4.89. The van der Waals surface area contributed by atoms with E-state index in [2.05, 4.69) is 15.0 Å². The zero-order valence-corrected chi connectivity index (χ0v) is 10.4. The third kappa shape index (κ3) is 1.64. The fourth-order valence-corrected chi connectivity index (χ4v) is 2.65. The number of nitrogens with zero attached hydrogens (tertiary/aromatic N) is 3. The fourth-order valence-electron chi connectivity index (χ4n) is 2.65. The van der Waals surface area contributed by atoms with E-state index in [0.717, 1.165) is 0 Å². The zero-order chi connectivity index (χ0) is 13.7. The molecule has 3 atom stereocenters. The smallest absolute Gasteiger partial charge is 0.280 e. The first kappa shape index (κ1) is 12.1. The van der Waals surface area contributed by atoms with E-state index in [1.807, 2.05) is 0 Å². The number of aliphatic hydroxyl groups excluding tert-OH is 2. The van der Waals surface area contributed by atoms with Gasteiger partial charge in [0.05, 0.1) is 12.1 Å². The van der Waals surface area contributed by atoms with Crippen molar-refractivity contribution in [3.8, 4) is 0 Å². The maximum atomic E-state index is 11.7. The van der Waals surface area contributed by atoms with Crippen LogP contribution in [0.1, 0.15) is 18.3 Å². The van der Waals surface area contributed by atoms with Crippen LogP contribution in [0.2, 0.25) is 0 Å². The quantitative estimate of drug-likeness (QED) is 0.546. The van der Waals surface area contributed by atoms with Gasteiger partial charge in [-0.05, 0) is 13.3 Å². The maximum Gasteiger partial charge on any atom is 0.280 e. The molecule has 102 valence electrons. The van der Waals surface area contributed by atoms with Crippen molar-refractivity contribution >= 4 is 17.1 Å². The minimum absolute atomic E-state index is 0.0196. The van der Waals surface area contributed by atoms with Crippen molar-refractivity contribution in [3.63, 3.8) is 0 Å². The summed E-state index contributed by atoms with van der Waals surface area (Å²) in [5.74, 6) is 0.478. The Labute approximate surface area is 107 Å². The summed E-state index contributed by atoms with van der Waals surface area (Å²) in [4.78, 5) is 22.4. The van der Waals surface area contributed by atoms with Crippen LogP contribution in [-0.4, -0.2) is 42.4 Å². The van der Waals surface area contributed by atoms with E-state index in [1.165, 1.54) is 0 Å². The average molecular weight is 265 g/mol. The Morgan fingerprint density at radius 2 is 2.26 bits per heavy atom. The number of aromatic amines is 1. The van der Waals surface area contributed by atoms with E-state index in [9.17, 15) is 9.90 Å². The number of nitrogens with one attached hydrogen (secondary N) is 1. The van der Waals surface area contributed by atoms with E-state index in [1.54, 1.807) is 11.5 Å². The molecule has 1 aliphatic carbocycles. The standard InChI is InChI=1S/C11H15N5O3/c1-4-13-7-9(14-11(12)15-10(7)19)16(4)6-2-5(3-17)8(6)18/h5-6,8,17-18H,2-3H2,1H3,(H3,12,14,15,19). The van der Waals surface area contributed by atoms with E-state index in [4.69, 9.17) is 10.8 Å². The average Bonchev–Trinajstić information content (AvgIpc) is 2.66. The first-order valence-corrected chi connectivity index (χ1v) is 6.06. The third-order valence-electron chi connectivity index (χ3n) is 3.73. The van der Waals surface area contributed by atoms with Crippen LogP contribution in [0.5, 0.6) is 0 Å². The predicted octanol–water partition coefficient (Wildman–Crippen LogP) is -1.08. The van der Waals surface area contributed by atoms with Gasteiger partial charge in [-0.25, -0.2) is 4.98 Å². The number of hydrogen-bond acceptors (Lipinski definition) is 6. The molecular weight excluding hydrogens is 250 g/mol. The first-order chi connectivity index (χ1) is 9.02. The molecule has 1 aliphatic rings. The highest BCUT2D eigenvalue weighted by molar-refractivity contribution is 5.71. The van der Waals surface area contributed by atoms with Gasteiger partial charge in [0.15, 0.2) is 11.2 Å². The summed E-state index contributed by atoms with van der Waals surface area (Å²) >= 11 is 0. The lowest BCUT2D eigenvalue weighted by Gasteiger charge is -2.41. The Bertz CT molecular complexity index is 691. The Morgan fingerprint density at radius 3 is 2.89 bits per heavy atom. The maximum absolute atomic E-state index is 11.7. The predicted molar refractivity (Wildman–Crippen MR) is 67.5 cm³/mol.